The van der Waals surface area contributed by atoms with E-state index in [9.17, 15) is 13.6 Å². The van der Waals surface area contributed by atoms with Crippen molar-refractivity contribution < 1.29 is 18.3 Å². The maximum Gasteiger partial charge on any atom is 0.427 e. The molecule has 0 aliphatic rings. The number of hydrogen-bond donors (Lipinski definition) is 1. The minimum absolute atomic E-state index is 0.324. The van der Waals surface area contributed by atoms with Crippen molar-refractivity contribution in [3.63, 3.8) is 0 Å². The normalized spacial score (nSPS) is 10.3. The van der Waals surface area contributed by atoms with Crippen LogP contribution in [-0.4, -0.2) is 19.4 Å². The molecule has 0 aliphatic carbocycles. The van der Waals surface area contributed by atoms with Crippen molar-refractivity contribution in [3.05, 3.63) is 35.4 Å². The van der Waals surface area contributed by atoms with E-state index < -0.39 is 17.7 Å². The first kappa shape index (κ1) is 11.1. The van der Waals surface area contributed by atoms with Crippen molar-refractivity contribution >= 4 is 12.3 Å². The largest absolute Gasteiger partial charge is 0.452 e. The number of hydrazone groups is 1. The Hall–Kier alpha value is -1.98. The fourth-order valence-electron chi connectivity index (χ4n) is 0.798. The molecule has 0 unspecified atom stereocenters. The second-order valence-corrected chi connectivity index (χ2v) is 2.54. The van der Waals surface area contributed by atoms with Crippen LogP contribution < -0.4 is 5.43 Å². The first-order valence-electron chi connectivity index (χ1n) is 3.95. The fraction of sp³-hybridized carbons (Fsp3) is 0.111. The van der Waals surface area contributed by atoms with E-state index in [1.807, 2.05) is 5.43 Å². The van der Waals surface area contributed by atoms with E-state index in [-0.39, 0.29) is 0 Å². The number of nitrogens with one attached hydrogen (secondary N) is 1. The number of benzene rings is 1. The van der Waals surface area contributed by atoms with Crippen LogP contribution in [0.2, 0.25) is 0 Å². The van der Waals surface area contributed by atoms with Crippen LogP contribution in [0.4, 0.5) is 13.6 Å². The number of rotatable bonds is 2. The van der Waals surface area contributed by atoms with Crippen molar-refractivity contribution in [1.29, 1.82) is 0 Å². The summed E-state index contributed by atoms with van der Waals surface area (Å²) < 4.78 is 29.4. The first-order valence-corrected chi connectivity index (χ1v) is 3.95. The molecule has 80 valence electrons. The van der Waals surface area contributed by atoms with E-state index in [1.165, 1.54) is 19.4 Å². The zero-order valence-corrected chi connectivity index (χ0v) is 7.83. The lowest BCUT2D eigenvalue weighted by Gasteiger charge is -1.96. The summed E-state index contributed by atoms with van der Waals surface area (Å²) in [5.41, 5.74) is 2.33. The fourth-order valence-corrected chi connectivity index (χ4v) is 0.798. The van der Waals surface area contributed by atoms with Gasteiger partial charge in [0.05, 0.1) is 13.3 Å². The van der Waals surface area contributed by atoms with Gasteiger partial charge in [-0.3, -0.25) is 0 Å². The molecule has 1 aromatic rings. The van der Waals surface area contributed by atoms with Gasteiger partial charge in [0.15, 0.2) is 11.6 Å². The van der Waals surface area contributed by atoms with Crippen LogP contribution in [0.15, 0.2) is 23.3 Å². The highest BCUT2D eigenvalue weighted by atomic mass is 19.2. The highest BCUT2D eigenvalue weighted by Crippen LogP contribution is 2.06. The second-order valence-electron chi connectivity index (χ2n) is 2.54. The van der Waals surface area contributed by atoms with Crippen LogP contribution in [0.1, 0.15) is 5.56 Å². The molecule has 0 radical (unpaired) electrons. The number of halogens is 2. The predicted molar refractivity (Wildman–Crippen MR) is 49.5 cm³/mol. The molecule has 0 heterocycles. The molecule has 0 aliphatic heterocycles. The molecule has 1 amide bonds. The summed E-state index contributed by atoms with van der Waals surface area (Å²) in [6, 6.07) is 3.24. The lowest BCUT2D eigenvalue weighted by atomic mass is 10.2. The van der Waals surface area contributed by atoms with Crippen LogP contribution in [0.5, 0.6) is 0 Å². The van der Waals surface area contributed by atoms with Crippen molar-refractivity contribution in [2.24, 2.45) is 5.10 Å². The Morgan fingerprint density at radius 3 is 2.80 bits per heavy atom. The van der Waals surface area contributed by atoms with Gasteiger partial charge in [-0.1, -0.05) is 6.07 Å². The van der Waals surface area contributed by atoms with Gasteiger partial charge < -0.3 is 4.74 Å². The Balaban J connectivity index is 2.65. The second kappa shape index (κ2) is 5.04. The molecule has 0 atom stereocenters. The number of methoxy groups -OCH3 is 1. The number of carbonyl (C=O) groups excluding carboxylic acids is 1. The Kier molecular flexibility index (Phi) is 3.73. The molecular formula is C9H8F2N2O2. The Morgan fingerprint density at radius 1 is 1.47 bits per heavy atom. The number of hydrogen-bond acceptors (Lipinski definition) is 3. The summed E-state index contributed by atoms with van der Waals surface area (Å²) in [4.78, 5) is 10.5. The highest BCUT2D eigenvalue weighted by molar-refractivity contribution is 5.80. The molecule has 4 nitrogen and oxygen atoms in total. The number of ether oxygens (including phenoxy) is 1. The molecule has 6 heteroatoms. The summed E-state index contributed by atoms with van der Waals surface area (Å²) in [6.07, 6.45) is 0.424. The quantitative estimate of drug-likeness (QED) is 0.601. The van der Waals surface area contributed by atoms with Gasteiger partial charge in [0, 0.05) is 0 Å². The van der Waals surface area contributed by atoms with E-state index in [1.54, 1.807) is 0 Å². The molecule has 0 saturated heterocycles. The molecule has 1 aromatic carbocycles. The van der Waals surface area contributed by atoms with E-state index in [4.69, 9.17) is 0 Å². The standard InChI is InChI=1S/C9H8F2N2O2/c1-15-9(14)13-12-5-6-2-3-7(10)8(11)4-6/h2-5H,1H3,(H,13,14)/b12-5-. The Labute approximate surface area is 84.5 Å². The third kappa shape index (κ3) is 3.34. The van der Waals surface area contributed by atoms with Crippen molar-refractivity contribution in [1.82, 2.24) is 5.43 Å². The van der Waals surface area contributed by atoms with E-state index in [2.05, 4.69) is 9.84 Å². The molecule has 0 saturated carbocycles. The SMILES string of the molecule is COC(=O)N/N=C\c1ccc(F)c(F)c1. The van der Waals surface area contributed by atoms with Gasteiger partial charge in [0.2, 0.25) is 0 Å². The zero-order chi connectivity index (χ0) is 11.3. The Morgan fingerprint density at radius 2 is 2.20 bits per heavy atom. The van der Waals surface area contributed by atoms with Crippen molar-refractivity contribution in [3.8, 4) is 0 Å². The van der Waals surface area contributed by atoms with Gasteiger partial charge >= 0.3 is 6.09 Å². The minimum Gasteiger partial charge on any atom is -0.452 e. The number of amides is 1. The van der Waals surface area contributed by atoms with Crippen LogP contribution in [0.25, 0.3) is 0 Å². The smallest absolute Gasteiger partial charge is 0.427 e. The molecule has 1 rings (SSSR count). The van der Waals surface area contributed by atoms with Gasteiger partial charge in [-0.2, -0.15) is 5.10 Å². The zero-order valence-electron chi connectivity index (χ0n) is 7.83. The van der Waals surface area contributed by atoms with Gasteiger partial charge in [0.25, 0.3) is 0 Å². The lowest BCUT2D eigenvalue weighted by Crippen LogP contribution is -2.16. The van der Waals surface area contributed by atoms with E-state index >= 15 is 0 Å². The number of nitrogens with zero attached hydrogens (tertiary/aromatic N) is 1. The molecule has 0 spiro atoms. The van der Waals surface area contributed by atoms with Gasteiger partial charge in [-0.05, 0) is 17.7 Å². The van der Waals surface area contributed by atoms with Crippen LogP contribution >= 0.6 is 0 Å². The minimum atomic E-state index is -0.975. The lowest BCUT2D eigenvalue weighted by molar-refractivity contribution is 0.171. The third-order valence-corrected chi connectivity index (χ3v) is 1.50. The maximum absolute atomic E-state index is 12.7. The van der Waals surface area contributed by atoms with Gasteiger partial charge in [-0.25, -0.2) is 19.0 Å². The van der Waals surface area contributed by atoms with Gasteiger partial charge in [-0.15, -0.1) is 0 Å². The maximum atomic E-state index is 12.7. The highest BCUT2D eigenvalue weighted by Gasteiger charge is 2.00. The van der Waals surface area contributed by atoms with Crippen molar-refractivity contribution in [2.45, 2.75) is 0 Å². The van der Waals surface area contributed by atoms with Crippen LogP contribution in [0.3, 0.4) is 0 Å². The van der Waals surface area contributed by atoms with Crippen molar-refractivity contribution in [2.75, 3.05) is 7.11 Å². The van der Waals surface area contributed by atoms with E-state index in [0.29, 0.717) is 5.56 Å². The molecule has 1 N–H and O–H groups in total. The molecule has 0 bridgehead atoms. The Bertz CT molecular complexity index is 394. The molecule has 0 aromatic heterocycles. The average Bonchev–Trinajstić information content (AvgIpc) is 2.23. The summed E-state index contributed by atoms with van der Waals surface area (Å²) >= 11 is 0. The predicted octanol–water partition coefficient (Wildman–Crippen LogP) is 1.65. The third-order valence-electron chi connectivity index (χ3n) is 1.50. The van der Waals surface area contributed by atoms with Gasteiger partial charge in [0.1, 0.15) is 0 Å². The monoisotopic (exact) mass is 214 g/mol. The summed E-state index contributed by atoms with van der Waals surface area (Å²) in [5.74, 6) is -1.91. The molecule has 15 heavy (non-hydrogen) atoms. The summed E-state index contributed by atoms with van der Waals surface area (Å²) in [6.45, 7) is 0. The number of carbonyl (C=O) groups is 1. The van der Waals surface area contributed by atoms with E-state index in [0.717, 1.165) is 12.1 Å². The topological polar surface area (TPSA) is 50.7 Å². The molecule has 0 fully saturated rings. The molecular weight excluding hydrogens is 206 g/mol. The first-order chi connectivity index (χ1) is 7.13. The average molecular weight is 214 g/mol. The summed E-state index contributed by atoms with van der Waals surface area (Å²) in [7, 11) is 1.18. The summed E-state index contributed by atoms with van der Waals surface area (Å²) in [5, 5.41) is 3.44. The van der Waals surface area contributed by atoms with Crippen LogP contribution in [0, 0.1) is 11.6 Å². The van der Waals surface area contributed by atoms with Crippen LogP contribution in [-0.2, 0) is 4.74 Å².